The number of para-hydroxylation sites is 1. The first-order valence-corrected chi connectivity index (χ1v) is 7.64. The second kappa shape index (κ2) is 5.16. The summed E-state index contributed by atoms with van der Waals surface area (Å²) in [7, 11) is 1.67. The van der Waals surface area contributed by atoms with Gasteiger partial charge in [0.1, 0.15) is 11.6 Å². The van der Waals surface area contributed by atoms with Gasteiger partial charge in [-0.25, -0.2) is 4.39 Å². The number of benzene rings is 2. The Bertz CT molecular complexity index is 740. The molecule has 0 radical (unpaired) electrons. The molecule has 1 aliphatic carbocycles. The Labute approximate surface area is 129 Å². The molecule has 0 amide bonds. The molecule has 0 bridgehead atoms. The Kier molecular flexibility index (Phi) is 3.14. The minimum absolute atomic E-state index is 0.0370. The van der Waals surface area contributed by atoms with Crippen molar-refractivity contribution in [2.24, 2.45) is 5.92 Å². The molecule has 2 nitrogen and oxygen atoms in total. The van der Waals surface area contributed by atoms with Gasteiger partial charge in [0.15, 0.2) is 0 Å². The van der Waals surface area contributed by atoms with Crippen LogP contribution in [0.1, 0.15) is 29.5 Å². The van der Waals surface area contributed by atoms with Gasteiger partial charge in [-0.3, -0.25) is 0 Å². The smallest absolute Gasteiger partial charge is 0.142 e. The zero-order valence-corrected chi connectivity index (χ0v) is 12.4. The summed E-state index contributed by atoms with van der Waals surface area (Å²) >= 11 is 0. The monoisotopic (exact) mass is 295 g/mol. The molecule has 2 aromatic rings. The lowest BCUT2D eigenvalue weighted by atomic mass is 9.77. The fourth-order valence-corrected chi connectivity index (χ4v) is 3.80. The van der Waals surface area contributed by atoms with Gasteiger partial charge < -0.3 is 10.1 Å². The molecule has 1 N–H and O–H groups in total. The predicted octanol–water partition coefficient (Wildman–Crippen LogP) is 4.66. The summed E-state index contributed by atoms with van der Waals surface area (Å²) in [6.07, 6.45) is 5.42. The summed E-state index contributed by atoms with van der Waals surface area (Å²) in [5.74, 6) is 1.33. The Balaban J connectivity index is 1.85. The minimum atomic E-state index is -0.149. The van der Waals surface area contributed by atoms with Crippen LogP contribution in [0.4, 0.5) is 10.1 Å². The van der Waals surface area contributed by atoms with E-state index >= 15 is 0 Å². The highest BCUT2D eigenvalue weighted by Gasteiger charge is 2.39. The number of halogens is 1. The predicted molar refractivity (Wildman–Crippen MR) is 85.7 cm³/mol. The van der Waals surface area contributed by atoms with Crippen molar-refractivity contribution in [2.75, 3.05) is 12.4 Å². The second-order valence-corrected chi connectivity index (χ2v) is 5.92. The summed E-state index contributed by atoms with van der Waals surface area (Å²) in [5.41, 5.74) is 2.97. The van der Waals surface area contributed by atoms with Crippen molar-refractivity contribution in [3.63, 3.8) is 0 Å². The molecule has 0 saturated heterocycles. The standard InChI is InChI=1S/C19H18FNO/c1-22-17-11-5-9-14-12-7-4-8-13(12)18(21-19(14)17)15-6-2-3-10-16(15)20/h2-7,9-13,18,21H,8H2,1H3/t12-,13-,18+/m1/s1. The average Bonchev–Trinajstić information content (AvgIpc) is 3.04. The van der Waals surface area contributed by atoms with E-state index in [9.17, 15) is 4.39 Å². The zero-order valence-electron chi connectivity index (χ0n) is 12.4. The molecule has 2 aliphatic rings. The van der Waals surface area contributed by atoms with Crippen molar-refractivity contribution in [1.82, 2.24) is 0 Å². The highest BCUT2D eigenvalue weighted by atomic mass is 19.1. The molecule has 2 aromatic carbocycles. The molecular formula is C19H18FNO. The van der Waals surface area contributed by atoms with Gasteiger partial charge in [-0.05, 0) is 30.0 Å². The van der Waals surface area contributed by atoms with Crippen molar-refractivity contribution < 1.29 is 9.13 Å². The molecule has 4 rings (SSSR count). The number of ether oxygens (including phenoxy) is 1. The number of nitrogens with one attached hydrogen (secondary N) is 1. The highest BCUT2D eigenvalue weighted by Crippen LogP contribution is 2.52. The number of hydrogen-bond acceptors (Lipinski definition) is 2. The van der Waals surface area contributed by atoms with Crippen LogP contribution >= 0.6 is 0 Å². The van der Waals surface area contributed by atoms with Crippen LogP contribution < -0.4 is 10.1 Å². The lowest BCUT2D eigenvalue weighted by Gasteiger charge is -2.38. The third kappa shape index (κ3) is 1.92. The SMILES string of the molecule is COc1cccc2c1N[C@H](c1ccccc1F)[C@@H]1CC=C[C@@H]21. The van der Waals surface area contributed by atoms with Crippen molar-refractivity contribution in [2.45, 2.75) is 18.4 Å². The van der Waals surface area contributed by atoms with E-state index in [1.807, 2.05) is 24.3 Å². The largest absolute Gasteiger partial charge is 0.495 e. The second-order valence-electron chi connectivity index (χ2n) is 5.92. The van der Waals surface area contributed by atoms with E-state index in [1.165, 1.54) is 11.6 Å². The van der Waals surface area contributed by atoms with Gasteiger partial charge in [-0.2, -0.15) is 0 Å². The van der Waals surface area contributed by atoms with E-state index < -0.39 is 0 Å². The van der Waals surface area contributed by atoms with Gasteiger partial charge in [-0.15, -0.1) is 0 Å². The van der Waals surface area contributed by atoms with Crippen LogP contribution in [0.2, 0.25) is 0 Å². The minimum Gasteiger partial charge on any atom is -0.495 e. The van der Waals surface area contributed by atoms with E-state index in [1.54, 1.807) is 13.2 Å². The normalized spacial score (nSPS) is 25.3. The maximum atomic E-state index is 14.3. The quantitative estimate of drug-likeness (QED) is 0.814. The van der Waals surface area contributed by atoms with Crippen LogP contribution in [0, 0.1) is 11.7 Å². The van der Waals surface area contributed by atoms with Crippen LogP contribution in [0.5, 0.6) is 5.75 Å². The third-order valence-corrected chi connectivity index (χ3v) is 4.82. The summed E-state index contributed by atoms with van der Waals surface area (Å²) in [4.78, 5) is 0. The van der Waals surface area contributed by atoms with Gasteiger partial charge in [0.05, 0.1) is 18.8 Å². The van der Waals surface area contributed by atoms with Gasteiger partial charge in [-0.1, -0.05) is 42.5 Å². The first-order chi connectivity index (χ1) is 10.8. The molecule has 0 spiro atoms. The molecule has 3 heteroatoms. The van der Waals surface area contributed by atoms with Gasteiger partial charge >= 0.3 is 0 Å². The lowest BCUT2D eigenvalue weighted by molar-refractivity contribution is 0.392. The Morgan fingerprint density at radius 1 is 1.09 bits per heavy atom. The number of hydrogen-bond donors (Lipinski definition) is 1. The molecule has 112 valence electrons. The molecule has 0 unspecified atom stereocenters. The van der Waals surface area contributed by atoms with Crippen molar-refractivity contribution in [3.8, 4) is 5.75 Å². The van der Waals surface area contributed by atoms with Crippen LogP contribution in [0.15, 0.2) is 54.6 Å². The average molecular weight is 295 g/mol. The third-order valence-electron chi connectivity index (χ3n) is 4.82. The summed E-state index contributed by atoms with van der Waals surface area (Å²) in [6, 6.07) is 13.1. The zero-order chi connectivity index (χ0) is 15.1. The van der Waals surface area contributed by atoms with Gasteiger partial charge in [0, 0.05) is 11.5 Å². The van der Waals surface area contributed by atoms with E-state index in [4.69, 9.17) is 4.74 Å². The first kappa shape index (κ1) is 13.4. The van der Waals surface area contributed by atoms with E-state index in [0.717, 1.165) is 23.4 Å². The molecule has 0 fully saturated rings. The molecule has 22 heavy (non-hydrogen) atoms. The summed E-state index contributed by atoms with van der Waals surface area (Å²) < 4.78 is 19.8. The van der Waals surface area contributed by atoms with Crippen molar-refractivity contribution >= 4 is 5.69 Å². The first-order valence-electron chi connectivity index (χ1n) is 7.64. The summed E-state index contributed by atoms with van der Waals surface area (Å²) in [6.45, 7) is 0. The molecule has 0 aromatic heterocycles. The maximum absolute atomic E-state index is 14.3. The Morgan fingerprint density at radius 3 is 2.73 bits per heavy atom. The molecular weight excluding hydrogens is 277 g/mol. The molecule has 3 atom stereocenters. The summed E-state index contributed by atoms with van der Waals surface area (Å²) in [5, 5.41) is 3.54. The molecule has 1 aliphatic heterocycles. The van der Waals surface area contributed by atoms with Crippen LogP contribution in [0.3, 0.4) is 0 Å². The maximum Gasteiger partial charge on any atom is 0.142 e. The van der Waals surface area contributed by atoms with Crippen molar-refractivity contribution in [3.05, 3.63) is 71.6 Å². The van der Waals surface area contributed by atoms with E-state index in [0.29, 0.717) is 11.8 Å². The van der Waals surface area contributed by atoms with Gasteiger partial charge in [0.2, 0.25) is 0 Å². The highest BCUT2D eigenvalue weighted by molar-refractivity contribution is 5.67. The molecule has 0 saturated carbocycles. The number of methoxy groups -OCH3 is 1. The van der Waals surface area contributed by atoms with E-state index in [2.05, 4.69) is 23.5 Å². The van der Waals surface area contributed by atoms with Crippen molar-refractivity contribution in [1.29, 1.82) is 0 Å². The van der Waals surface area contributed by atoms with Crippen LogP contribution in [-0.2, 0) is 0 Å². The fraction of sp³-hybridized carbons (Fsp3) is 0.263. The van der Waals surface area contributed by atoms with E-state index in [-0.39, 0.29) is 11.9 Å². The molecule has 1 heterocycles. The topological polar surface area (TPSA) is 21.3 Å². The van der Waals surface area contributed by atoms with Crippen LogP contribution in [-0.4, -0.2) is 7.11 Å². The number of fused-ring (bicyclic) bond motifs is 3. The lowest BCUT2D eigenvalue weighted by Crippen LogP contribution is -2.30. The van der Waals surface area contributed by atoms with Crippen LogP contribution in [0.25, 0.3) is 0 Å². The van der Waals surface area contributed by atoms with Gasteiger partial charge in [0.25, 0.3) is 0 Å². The number of allylic oxidation sites excluding steroid dienone is 2. The fourth-order valence-electron chi connectivity index (χ4n) is 3.80. The Morgan fingerprint density at radius 2 is 1.91 bits per heavy atom. The Hall–Kier alpha value is -2.29. The number of rotatable bonds is 2. The number of anilines is 1.